The molecule has 1 unspecified atom stereocenters. The van der Waals surface area contributed by atoms with E-state index in [9.17, 15) is 0 Å². The molecule has 2 aliphatic rings. The summed E-state index contributed by atoms with van der Waals surface area (Å²) in [5, 5.41) is 10.7. The Morgan fingerprint density at radius 2 is 2.12 bits per heavy atom. The summed E-state index contributed by atoms with van der Waals surface area (Å²) in [6.07, 6.45) is 4.97. The smallest absolute Gasteiger partial charge is 0.191 e. The highest BCUT2D eigenvalue weighted by molar-refractivity contribution is 7.14. The lowest BCUT2D eigenvalue weighted by molar-refractivity contribution is 0.214. The van der Waals surface area contributed by atoms with Gasteiger partial charge in [0.05, 0.1) is 5.00 Å². The Labute approximate surface area is 156 Å². The summed E-state index contributed by atoms with van der Waals surface area (Å²) in [6, 6.07) is 4.90. The van der Waals surface area contributed by atoms with Crippen LogP contribution in [0.2, 0.25) is 0 Å². The average Bonchev–Trinajstić information content (AvgIpc) is 3.15. The first-order valence-corrected chi connectivity index (χ1v) is 10.6. The van der Waals surface area contributed by atoms with Gasteiger partial charge in [0.25, 0.3) is 0 Å². The van der Waals surface area contributed by atoms with Crippen LogP contribution in [0.15, 0.2) is 22.5 Å². The Bertz CT molecular complexity index is 522. The molecule has 25 heavy (non-hydrogen) atoms. The summed E-state index contributed by atoms with van der Waals surface area (Å²) < 4.78 is 0. The molecule has 0 amide bonds. The van der Waals surface area contributed by atoms with Crippen molar-refractivity contribution < 1.29 is 0 Å². The van der Waals surface area contributed by atoms with Gasteiger partial charge >= 0.3 is 0 Å². The van der Waals surface area contributed by atoms with E-state index < -0.39 is 0 Å². The van der Waals surface area contributed by atoms with Gasteiger partial charge in [-0.25, -0.2) is 0 Å². The normalized spacial score (nSPS) is 23.7. The molecule has 2 saturated heterocycles. The summed E-state index contributed by atoms with van der Waals surface area (Å²) in [5.74, 6) is 1.71. The number of aliphatic imine (C=N–C) groups is 1. The van der Waals surface area contributed by atoms with Crippen molar-refractivity contribution >= 4 is 22.3 Å². The highest BCUT2D eigenvalue weighted by Crippen LogP contribution is 2.24. The zero-order valence-corrected chi connectivity index (χ0v) is 16.5. The fourth-order valence-corrected chi connectivity index (χ4v) is 4.64. The zero-order valence-electron chi connectivity index (χ0n) is 15.7. The number of guanidine groups is 1. The van der Waals surface area contributed by atoms with Gasteiger partial charge in [-0.05, 0) is 69.6 Å². The van der Waals surface area contributed by atoms with E-state index in [2.05, 4.69) is 51.9 Å². The molecule has 0 spiro atoms. The van der Waals surface area contributed by atoms with Crippen LogP contribution in [0.3, 0.4) is 0 Å². The fraction of sp³-hybridized carbons (Fsp3) is 0.737. The number of hydrogen-bond acceptors (Lipinski definition) is 4. The van der Waals surface area contributed by atoms with E-state index in [1.807, 2.05) is 11.3 Å². The molecule has 1 aromatic rings. The third-order valence-electron chi connectivity index (χ3n) is 5.23. The lowest BCUT2D eigenvalue weighted by atomic mass is 9.99. The predicted molar refractivity (Wildman–Crippen MR) is 109 cm³/mol. The Balaban J connectivity index is 1.47. The number of nitrogens with one attached hydrogen (secondary N) is 2. The largest absolute Gasteiger partial charge is 0.363 e. The van der Waals surface area contributed by atoms with Crippen molar-refractivity contribution in [3.05, 3.63) is 17.5 Å². The number of anilines is 1. The summed E-state index contributed by atoms with van der Waals surface area (Å²) in [4.78, 5) is 9.83. The molecule has 2 N–H and O–H groups in total. The third kappa shape index (κ3) is 5.61. The molecule has 0 radical (unpaired) electrons. The minimum atomic E-state index is 0.531. The minimum Gasteiger partial charge on any atom is -0.363 e. The topological polar surface area (TPSA) is 42.9 Å². The molecule has 0 bridgehead atoms. The van der Waals surface area contributed by atoms with Crippen molar-refractivity contribution in [2.75, 3.05) is 51.2 Å². The minimum absolute atomic E-state index is 0.531. The molecule has 0 aromatic carbocycles. The lowest BCUT2D eigenvalue weighted by Crippen LogP contribution is -2.49. The van der Waals surface area contributed by atoms with Gasteiger partial charge in [0.15, 0.2) is 5.96 Å². The molecule has 2 aliphatic heterocycles. The third-order valence-corrected chi connectivity index (χ3v) is 6.16. The van der Waals surface area contributed by atoms with E-state index in [0.717, 1.165) is 32.1 Å². The standard InChI is InChI=1S/C19H33N5S/c1-3-20-19(21-14-16-6-4-10-23(2)15-16)22-17-8-11-24(12-9-17)18-7-5-13-25-18/h5,7,13,16-17H,3-4,6,8-12,14-15H2,1-2H3,(H2,20,21,22). The molecule has 1 aromatic heterocycles. The van der Waals surface area contributed by atoms with E-state index in [1.165, 1.54) is 43.8 Å². The van der Waals surface area contributed by atoms with Crippen molar-refractivity contribution in [1.82, 2.24) is 15.5 Å². The lowest BCUT2D eigenvalue weighted by Gasteiger charge is -2.34. The maximum absolute atomic E-state index is 4.89. The van der Waals surface area contributed by atoms with Crippen LogP contribution < -0.4 is 15.5 Å². The Morgan fingerprint density at radius 1 is 1.28 bits per heavy atom. The van der Waals surface area contributed by atoms with E-state index in [-0.39, 0.29) is 0 Å². The number of rotatable bonds is 5. The molecule has 3 rings (SSSR count). The predicted octanol–water partition coefficient (Wildman–Crippen LogP) is 2.61. The first-order valence-electron chi connectivity index (χ1n) is 9.76. The highest BCUT2D eigenvalue weighted by Gasteiger charge is 2.21. The van der Waals surface area contributed by atoms with Gasteiger partial charge in [0.1, 0.15) is 0 Å². The van der Waals surface area contributed by atoms with E-state index in [1.54, 1.807) is 0 Å². The summed E-state index contributed by atoms with van der Waals surface area (Å²) in [7, 11) is 2.22. The van der Waals surface area contributed by atoms with Crippen LogP contribution in [0.5, 0.6) is 0 Å². The van der Waals surface area contributed by atoms with Crippen LogP contribution in [-0.2, 0) is 0 Å². The van der Waals surface area contributed by atoms with Crippen molar-refractivity contribution in [2.24, 2.45) is 10.9 Å². The van der Waals surface area contributed by atoms with Crippen LogP contribution in [0.4, 0.5) is 5.00 Å². The molecule has 6 heteroatoms. The molecule has 5 nitrogen and oxygen atoms in total. The van der Waals surface area contributed by atoms with Crippen molar-refractivity contribution in [1.29, 1.82) is 0 Å². The van der Waals surface area contributed by atoms with Crippen LogP contribution in [0, 0.1) is 5.92 Å². The maximum Gasteiger partial charge on any atom is 0.191 e. The molecule has 0 saturated carbocycles. The van der Waals surface area contributed by atoms with Crippen molar-refractivity contribution in [2.45, 2.75) is 38.6 Å². The maximum atomic E-state index is 4.89. The molecule has 3 heterocycles. The van der Waals surface area contributed by atoms with E-state index in [0.29, 0.717) is 12.0 Å². The number of thiophene rings is 1. The molecule has 0 aliphatic carbocycles. The summed E-state index contributed by atoms with van der Waals surface area (Å²) in [6.45, 7) is 8.68. The number of nitrogens with zero attached hydrogens (tertiary/aromatic N) is 3. The Hall–Kier alpha value is -1.27. The quantitative estimate of drug-likeness (QED) is 0.623. The number of likely N-dealkylation sites (tertiary alicyclic amines) is 1. The molecule has 140 valence electrons. The van der Waals surface area contributed by atoms with Gasteiger partial charge in [0.2, 0.25) is 0 Å². The number of hydrogen-bond donors (Lipinski definition) is 2. The van der Waals surface area contributed by atoms with Gasteiger partial charge in [-0.1, -0.05) is 0 Å². The highest BCUT2D eigenvalue weighted by atomic mass is 32.1. The average molecular weight is 364 g/mol. The summed E-state index contributed by atoms with van der Waals surface area (Å²) >= 11 is 1.84. The molecular weight excluding hydrogens is 330 g/mol. The van der Waals surface area contributed by atoms with Gasteiger partial charge in [0, 0.05) is 38.8 Å². The van der Waals surface area contributed by atoms with Crippen LogP contribution in [0.1, 0.15) is 32.6 Å². The van der Waals surface area contributed by atoms with E-state index >= 15 is 0 Å². The second-order valence-electron chi connectivity index (χ2n) is 7.35. The second-order valence-corrected chi connectivity index (χ2v) is 8.27. The van der Waals surface area contributed by atoms with Crippen LogP contribution in [0.25, 0.3) is 0 Å². The zero-order chi connectivity index (χ0) is 17.5. The summed E-state index contributed by atoms with van der Waals surface area (Å²) in [5.41, 5.74) is 0. The Morgan fingerprint density at radius 3 is 2.80 bits per heavy atom. The van der Waals surface area contributed by atoms with Gasteiger partial charge < -0.3 is 20.4 Å². The SMILES string of the molecule is CCNC(=NCC1CCCN(C)C1)NC1CCN(c2cccs2)CC1. The van der Waals surface area contributed by atoms with Gasteiger partial charge in [-0.2, -0.15) is 0 Å². The van der Waals surface area contributed by atoms with Crippen LogP contribution >= 0.6 is 11.3 Å². The first-order chi connectivity index (χ1) is 12.2. The van der Waals surface area contributed by atoms with E-state index in [4.69, 9.17) is 4.99 Å². The van der Waals surface area contributed by atoms with Crippen molar-refractivity contribution in [3.8, 4) is 0 Å². The molecule has 2 fully saturated rings. The first kappa shape index (κ1) is 18.5. The fourth-order valence-electron chi connectivity index (χ4n) is 3.85. The van der Waals surface area contributed by atoms with Crippen molar-refractivity contribution in [3.63, 3.8) is 0 Å². The Kier molecular flexibility index (Phi) is 6.99. The van der Waals surface area contributed by atoms with Crippen LogP contribution in [-0.4, -0.2) is 63.2 Å². The monoisotopic (exact) mass is 363 g/mol. The van der Waals surface area contributed by atoms with Gasteiger partial charge in [-0.3, -0.25) is 4.99 Å². The number of piperidine rings is 2. The molecular formula is C19H33N5S. The molecule has 1 atom stereocenters. The second kappa shape index (κ2) is 9.43. The van der Waals surface area contributed by atoms with Gasteiger partial charge in [-0.15, -0.1) is 11.3 Å².